The van der Waals surface area contributed by atoms with Crippen molar-refractivity contribution in [3.05, 3.63) is 84.8 Å². The summed E-state index contributed by atoms with van der Waals surface area (Å²) in [5.74, 6) is -2.30. The molecule has 2 heterocycles. The van der Waals surface area contributed by atoms with Crippen LogP contribution in [0.25, 0.3) is 0 Å². The van der Waals surface area contributed by atoms with E-state index in [2.05, 4.69) is 6.58 Å². The number of ether oxygens (including phenoxy) is 1. The summed E-state index contributed by atoms with van der Waals surface area (Å²) in [4.78, 5) is 27.0. The minimum Gasteiger partial charge on any atom is -0.457 e. The zero-order valence-corrected chi connectivity index (χ0v) is 20.2. The first-order chi connectivity index (χ1) is 16.8. The topological polar surface area (TPSA) is 112 Å². The summed E-state index contributed by atoms with van der Waals surface area (Å²) < 4.78 is 36.3. The van der Waals surface area contributed by atoms with Crippen LogP contribution in [0.4, 0.5) is 0 Å². The number of aliphatic hydroxyl groups is 1. The Morgan fingerprint density at radius 2 is 1.63 bits per heavy atom. The molecule has 4 rings (SSSR count). The van der Waals surface area contributed by atoms with E-state index in [1.807, 2.05) is 0 Å². The van der Waals surface area contributed by atoms with E-state index < -0.39 is 43.7 Å². The van der Waals surface area contributed by atoms with Gasteiger partial charge in [0.2, 0.25) is 5.91 Å². The molecule has 0 aliphatic carbocycles. The average Bonchev–Trinajstić information content (AvgIpc) is 3.06. The smallest absolute Gasteiger partial charge is 0.457 e. The van der Waals surface area contributed by atoms with E-state index in [9.17, 15) is 19.3 Å². The van der Waals surface area contributed by atoms with Crippen molar-refractivity contribution in [3.8, 4) is 11.5 Å². The van der Waals surface area contributed by atoms with E-state index in [4.69, 9.17) is 18.3 Å². The van der Waals surface area contributed by atoms with E-state index in [-0.39, 0.29) is 29.6 Å². The van der Waals surface area contributed by atoms with Crippen molar-refractivity contribution in [2.75, 3.05) is 6.61 Å². The summed E-state index contributed by atoms with van der Waals surface area (Å²) in [6.45, 7) is 6.63. The second-order valence-electron chi connectivity index (χ2n) is 8.20. The summed E-state index contributed by atoms with van der Waals surface area (Å²) >= 11 is 0. The Morgan fingerprint density at radius 1 is 1.09 bits per heavy atom. The first-order valence-corrected chi connectivity index (χ1v) is 12.5. The molecule has 0 spiro atoms. The van der Waals surface area contributed by atoms with Crippen molar-refractivity contribution >= 4 is 19.7 Å². The second kappa shape index (κ2) is 9.98. The van der Waals surface area contributed by atoms with Gasteiger partial charge in [0.1, 0.15) is 23.9 Å². The highest BCUT2D eigenvalue weighted by Gasteiger charge is 2.62. The molecule has 1 N–H and O–H groups in total. The van der Waals surface area contributed by atoms with Crippen molar-refractivity contribution in [1.29, 1.82) is 0 Å². The molecule has 1 fully saturated rings. The Bertz CT molecular complexity index is 1130. The minimum atomic E-state index is -4.43. The Labute approximate surface area is 203 Å². The highest BCUT2D eigenvalue weighted by Crippen LogP contribution is 2.57. The molecule has 0 saturated carbocycles. The second-order valence-corrected chi connectivity index (χ2v) is 9.64. The van der Waals surface area contributed by atoms with E-state index in [0.717, 1.165) is 0 Å². The van der Waals surface area contributed by atoms with Crippen LogP contribution in [0.2, 0.25) is 0 Å². The lowest BCUT2D eigenvalue weighted by molar-refractivity contribution is -0.164. The van der Waals surface area contributed by atoms with Crippen LogP contribution >= 0.6 is 7.82 Å². The molecule has 0 radical (unpaired) electrons. The Balaban J connectivity index is 1.74. The molecule has 35 heavy (non-hydrogen) atoms. The van der Waals surface area contributed by atoms with Crippen molar-refractivity contribution in [2.45, 2.75) is 26.0 Å². The molecule has 1 amide bonds. The van der Waals surface area contributed by atoms with Crippen molar-refractivity contribution in [3.63, 3.8) is 0 Å². The predicted octanol–water partition coefficient (Wildman–Crippen LogP) is 4.07. The number of phosphoric ester groups is 1. The number of β-lactam (4-membered cyclic amide) rings is 1. The number of benzene rings is 2. The number of fused-ring (bicyclic) bond motifs is 1. The van der Waals surface area contributed by atoms with Crippen molar-refractivity contribution < 1.29 is 37.6 Å². The molecule has 1 saturated heterocycles. The first-order valence-electron chi connectivity index (χ1n) is 11.1. The fraction of sp³-hybridized carbons (Fsp3) is 0.280. The lowest BCUT2D eigenvalue weighted by atomic mass is 9.79. The highest BCUT2D eigenvalue weighted by molar-refractivity contribution is 7.49. The fourth-order valence-corrected chi connectivity index (χ4v) is 5.60. The summed E-state index contributed by atoms with van der Waals surface area (Å²) in [6.07, 6.45) is 0.428. The molecule has 2 aromatic carbocycles. The number of carbonyl (C=O) groups excluding carboxylic acids is 2. The van der Waals surface area contributed by atoms with Gasteiger partial charge in [-0.25, -0.2) is 4.79 Å². The van der Waals surface area contributed by atoms with Crippen LogP contribution in [0, 0.1) is 11.8 Å². The number of amides is 1. The van der Waals surface area contributed by atoms with Crippen LogP contribution in [0.15, 0.2) is 84.8 Å². The van der Waals surface area contributed by atoms with Crippen LogP contribution in [-0.2, 0) is 23.4 Å². The maximum atomic E-state index is 13.9. The largest absolute Gasteiger partial charge is 0.646 e. The van der Waals surface area contributed by atoms with Gasteiger partial charge in [-0.15, -0.1) is 0 Å². The summed E-state index contributed by atoms with van der Waals surface area (Å²) in [6, 6.07) is 16.0. The molecule has 0 bridgehead atoms. The number of hydrogen-bond acceptors (Lipinski definition) is 8. The third kappa shape index (κ3) is 4.83. The van der Waals surface area contributed by atoms with Crippen LogP contribution in [0.1, 0.15) is 13.8 Å². The van der Waals surface area contributed by atoms with Gasteiger partial charge in [-0.05, 0) is 31.2 Å². The minimum absolute atomic E-state index is 0.0734. The average molecular weight is 499 g/mol. The van der Waals surface area contributed by atoms with Gasteiger partial charge in [0.25, 0.3) is 0 Å². The monoisotopic (exact) mass is 499 g/mol. The number of para-hydroxylation sites is 2. The van der Waals surface area contributed by atoms with Gasteiger partial charge in [0.05, 0.1) is 18.1 Å². The maximum absolute atomic E-state index is 13.9. The zero-order valence-electron chi connectivity index (χ0n) is 19.3. The molecule has 4 atom stereocenters. The number of nitrogens with zero attached hydrogens (tertiary/aromatic N) is 1. The Kier molecular flexibility index (Phi) is 7.00. The molecule has 184 valence electrons. The number of rotatable bonds is 10. The highest BCUT2D eigenvalue weighted by atomic mass is 31.2. The SMILES string of the molecule is C=CCOC(=O)C1=C(OP(=O)(Oc2ccccc2)Oc2ccccc2)[C@H](C)[C@@H]2[C@@H]([C@@H](C)O)C(=O)N12. The molecule has 10 heteroatoms. The van der Waals surface area contributed by atoms with Gasteiger partial charge >= 0.3 is 13.8 Å². The molecule has 2 aliphatic rings. The molecule has 2 aliphatic heterocycles. The van der Waals surface area contributed by atoms with Crippen molar-refractivity contribution in [1.82, 2.24) is 4.90 Å². The first kappa shape index (κ1) is 24.6. The van der Waals surface area contributed by atoms with Crippen LogP contribution < -0.4 is 9.05 Å². The third-order valence-electron chi connectivity index (χ3n) is 5.77. The molecular weight excluding hydrogens is 473 g/mol. The van der Waals surface area contributed by atoms with Crippen molar-refractivity contribution in [2.24, 2.45) is 11.8 Å². The molecule has 2 aromatic rings. The lowest BCUT2D eigenvalue weighted by Gasteiger charge is -2.46. The molecular formula is C25H26NO8P. The van der Waals surface area contributed by atoms with Gasteiger partial charge in [0, 0.05) is 5.92 Å². The standard InChI is InChI=1S/C25H26NO8P/c1-4-15-31-25(29)22-23(16(2)21-20(17(3)27)24(28)26(21)22)34-35(30,32-18-11-7-5-8-12-18)33-19-13-9-6-10-14-19/h4-14,16-17,20-21,27H,1,15H2,2-3H3/t16-,17-,20-,21-/m1/s1. The van der Waals surface area contributed by atoms with Gasteiger partial charge in [-0.3, -0.25) is 9.69 Å². The zero-order chi connectivity index (χ0) is 25.2. The molecule has 0 aromatic heterocycles. The fourth-order valence-electron chi connectivity index (χ4n) is 4.23. The van der Waals surface area contributed by atoms with Gasteiger partial charge in [-0.2, -0.15) is 4.57 Å². The predicted molar refractivity (Wildman–Crippen MR) is 126 cm³/mol. The molecule has 0 unspecified atom stereocenters. The number of carbonyl (C=O) groups is 2. The van der Waals surface area contributed by atoms with Crippen LogP contribution in [-0.4, -0.2) is 40.6 Å². The summed E-state index contributed by atoms with van der Waals surface area (Å²) in [7, 11) is -4.43. The quantitative estimate of drug-likeness (QED) is 0.225. The van der Waals surface area contributed by atoms with Gasteiger partial charge < -0.3 is 23.4 Å². The lowest BCUT2D eigenvalue weighted by Crippen LogP contribution is -2.63. The van der Waals surface area contributed by atoms with Gasteiger partial charge in [-0.1, -0.05) is 56.0 Å². The van der Waals surface area contributed by atoms with E-state index in [0.29, 0.717) is 0 Å². The number of esters is 1. The van der Waals surface area contributed by atoms with E-state index in [1.165, 1.54) is 17.9 Å². The Morgan fingerprint density at radius 3 is 2.11 bits per heavy atom. The number of hydrogen-bond donors (Lipinski definition) is 1. The van der Waals surface area contributed by atoms with Crippen LogP contribution in [0.5, 0.6) is 11.5 Å². The maximum Gasteiger partial charge on any atom is 0.646 e. The normalized spacial score (nSPS) is 22.1. The van der Waals surface area contributed by atoms with E-state index in [1.54, 1.807) is 67.6 Å². The van der Waals surface area contributed by atoms with E-state index >= 15 is 0 Å². The number of phosphoric acid groups is 1. The van der Waals surface area contributed by atoms with Crippen LogP contribution in [0.3, 0.4) is 0 Å². The van der Waals surface area contributed by atoms with Gasteiger partial charge in [0.15, 0.2) is 5.70 Å². The Hall–Kier alpha value is -3.55. The number of aliphatic hydroxyl groups excluding tert-OH is 1. The summed E-state index contributed by atoms with van der Waals surface area (Å²) in [5, 5.41) is 10.1. The third-order valence-corrected chi connectivity index (χ3v) is 7.05. The molecule has 9 nitrogen and oxygen atoms in total. The summed E-state index contributed by atoms with van der Waals surface area (Å²) in [5.41, 5.74) is -0.195.